The molecule has 2 heterocycles. The molecule has 0 aliphatic rings. The van der Waals surface area contributed by atoms with E-state index in [0.717, 1.165) is 77.8 Å². The molecule has 6 nitrogen and oxygen atoms in total. The highest BCUT2D eigenvalue weighted by atomic mass is 15.2. The van der Waals surface area contributed by atoms with Crippen LogP contribution in [-0.2, 0) is 0 Å². The maximum atomic E-state index is 5.33. The molecule has 9 aromatic carbocycles. The van der Waals surface area contributed by atoms with Crippen molar-refractivity contribution < 1.29 is 0 Å². The second-order valence-electron chi connectivity index (χ2n) is 14.6. The van der Waals surface area contributed by atoms with Gasteiger partial charge in [0.05, 0.1) is 11.0 Å². The highest BCUT2D eigenvalue weighted by Crippen LogP contribution is 2.46. The van der Waals surface area contributed by atoms with Gasteiger partial charge in [0.1, 0.15) is 0 Å². The van der Waals surface area contributed by atoms with Gasteiger partial charge in [0.2, 0.25) is 5.95 Å². The van der Waals surface area contributed by atoms with Crippen LogP contribution in [0.25, 0.3) is 61.3 Å². The van der Waals surface area contributed by atoms with E-state index < -0.39 is 0 Å². The minimum absolute atomic E-state index is 0.544. The van der Waals surface area contributed by atoms with Crippen molar-refractivity contribution in [1.29, 1.82) is 0 Å². The molecule has 278 valence electrons. The zero-order valence-corrected chi connectivity index (χ0v) is 32.0. The van der Waals surface area contributed by atoms with E-state index in [0.29, 0.717) is 17.6 Å². The van der Waals surface area contributed by atoms with E-state index in [9.17, 15) is 0 Å². The first-order valence-corrected chi connectivity index (χ1v) is 19.8. The Morgan fingerprint density at radius 3 is 0.966 bits per heavy atom. The van der Waals surface area contributed by atoms with E-state index >= 15 is 0 Å². The molecule has 0 fully saturated rings. The van der Waals surface area contributed by atoms with Crippen LogP contribution in [0.2, 0.25) is 0 Å². The Balaban J connectivity index is 1.25. The molecule has 0 saturated carbocycles. The molecule has 0 radical (unpaired) electrons. The maximum absolute atomic E-state index is 5.33. The summed E-state index contributed by atoms with van der Waals surface area (Å²) < 4.78 is 2.25. The Labute approximate surface area is 341 Å². The minimum Gasteiger partial charge on any atom is -0.310 e. The Kier molecular flexibility index (Phi) is 8.37. The molecule has 2 aromatic heterocycles. The molecule has 0 atom stereocenters. The average molecular weight is 757 g/mol. The predicted octanol–water partition coefficient (Wildman–Crippen LogP) is 13.8. The van der Waals surface area contributed by atoms with Crippen molar-refractivity contribution in [2.24, 2.45) is 0 Å². The summed E-state index contributed by atoms with van der Waals surface area (Å²) in [5, 5.41) is 4.56. The van der Waals surface area contributed by atoms with Crippen molar-refractivity contribution in [3.63, 3.8) is 0 Å². The lowest BCUT2D eigenvalue weighted by molar-refractivity contribution is 0.953. The molecule has 0 bridgehead atoms. The summed E-state index contributed by atoms with van der Waals surface area (Å²) in [5.41, 5.74) is 10.2. The van der Waals surface area contributed by atoms with Crippen LogP contribution in [0.4, 0.5) is 34.1 Å². The Hall–Kier alpha value is -8.09. The van der Waals surface area contributed by atoms with Gasteiger partial charge >= 0.3 is 0 Å². The Bertz CT molecular complexity index is 2900. The van der Waals surface area contributed by atoms with Crippen LogP contribution in [0.3, 0.4) is 0 Å². The molecule has 0 unspecified atom stereocenters. The molecular weight excluding hydrogens is 721 g/mol. The Morgan fingerprint density at radius 2 is 0.627 bits per heavy atom. The highest BCUT2D eigenvalue weighted by molar-refractivity contribution is 6.26. The molecule has 0 spiro atoms. The third kappa shape index (κ3) is 6.11. The molecule has 0 aliphatic heterocycles. The van der Waals surface area contributed by atoms with Gasteiger partial charge in [0.25, 0.3) is 0 Å². The summed E-state index contributed by atoms with van der Waals surface area (Å²) in [6, 6.07) is 76.2. The monoisotopic (exact) mass is 756 g/mol. The maximum Gasteiger partial charge on any atom is 0.238 e. The van der Waals surface area contributed by atoms with E-state index in [1.165, 1.54) is 0 Å². The van der Waals surface area contributed by atoms with Gasteiger partial charge in [-0.2, -0.15) is 9.97 Å². The number of hydrogen-bond acceptors (Lipinski definition) is 5. The van der Waals surface area contributed by atoms with Crippen LogP contribution in [0.15, 0.2) is 218 Å². The quantitative estimate of drug-likeness (QED) is 0.137. The number of para-hydroxylation sites is 4. The summed E-state index contributed by atoms with van der Waals surface area (Å²) in [6.45, 7) is 0. The van der Waals surface area contributed by atoms with Gasteiger partial charge in [-0.1, -0.05) is 146 Å². The fourth-order valence-corrected chi connectivity index (χ4v) is 8.31. The van der Waals surface area contributed by atoms with Crippen molar-refractivity contribution in [3.05, 3.63) is 218 Å². The van der Waals surface area contributed by atoms with Crippen LogP contribution >= 0.6 is 0 Å². The lowest BCUT2D eigenvalue weighted by atomic mass is 10.00. The molecule has 11 rings (SSSR count). The molecule has 0 saturated heterocycles. The van der Waals surface area contributed by atoms with Crippen LogP contribution in [0.1, 0.15) is 0 Å². The standard InChI is InChI=1S/C53H36N6/c1-7-19-37(20-8-1)51-54-52(38-21-9-2-10-22-38)56-53(55-51)59-47-35-45(57(41-23-11-3-12-24-41)42-25-13-4-14-26-42)33-39-31-32-40-34-46(36-48(59)50(40)49(39)47)58(43-27-15-5-16-28-43)44-29-17-6-18-30-44/h1-36H. The second-order valence-corrected chi connectivity index (χ2v) is 14.6. The van der Waals surface area contributed by atoms with Crippen LogP contribution < -0.4 is 9.80 Å². The van der Waals surface area contributed by atoms with Crippen LogP contribution in [0.5, 0.6) is 0 Å². The number of anilines is 6. The van der Waals surface area contributed by atoms with Gasteiger partial charge in [-0.25, -0.2) is 4.98 Å². The van der Waals surface area contributed by atoms with Gasteiger partial charge in [0.15, 0.2) is 11.6 Å². The summed E-state index contributed by atoms with van der Waals surface area (Å²) >= 11 is 0. The van der Waals surface area contributed by atoms with E-state index in [1.807, 2.05) is 36.4 Å². The third-order valence-corrected chi connectivity index (χ3v) is 10.9. The van der Waals surface area contributed by atoms with Gasteiger partial charge in [-0.15, -0.1) is 0 Å². The van der Waals surface area contributed by atoms with Crippen molar-refractivity contribution in [2.45, 2.75) is 0 Å². The van der Waals surface area contributed by atoms with E-state index in [4.69, 9.17) is 15.0 Å². The van der Waals surface area contributed by atoms with Gasteiger partial charge in [0, 0.05) is 56.0 Å². The number of nitrogens with zero attached hydrogens (tertiary/aromatic N) is 6. The van der Waals surface area contributed by atoms with E-state index in [1.54, 1.807) is 0 Å². The lowest BCUT2D eigenvalue weighted by Gasteiger charge is -2.26. The van der Waals surface area contributed by atoms with E-state index in [-0.39, 0.29) is 0 Å². The van der Waals surface area contributed by atoms with Gasteiger partial charge in [-0.05, 0) is 83.6 Å². The summed E-state index contributed by atoms with van der Waals surface area (Å²) in [4.78, 5) is 20.4. The fraction of sp³-hybridized carbons (Fsp3) is 0. The number of hydrogen-bond donors (Lipinski definition) is 0. The molecule has 0 amide bonds. The lowest BCUT2D eigenvalue weighted by Crippen LogP contribution is -2.11. The smallest absolute Gasteiger partial charge is 0.238 e. The first kappa shape index (κ1) is 34.2. The highest BCUT2D eigenvalue weighted by Gasteiger charge is 2.25. The molecule has 0 N–H and O–H groups in total. The van der Waals surface area contributed by atoms with Crippen molar-refractivity contribution in [1.82, 2.24) is 19.5 Å². The normalized spacial score (nSPS) is 11.4. The fourth-order valence-electron chi connectivity index (χ4n) is 8.31. The van der Waals surface area contributed by atoms with Gasteiger partial charge < -0.3 is 9.80 Å². The SMILES string of the molecule is c1ccc(-c2nc(-c3ccccc3)nc(-n3c4cc(N(c5ccccc5)c5ccccc5)cc5ccc6cc(N(c7ccccc7)c7ccccc7)cc3c6c54)n2)cc1. The number of aromatic nitrogens is 4. The largest absolute Gasteiger partial charge is 0.310 e. The topological polar surface area (TPSA) is 50.1 Å². The molecular formula is C53H36N6. The van der Waals surface area contributed by atoms with Crippen molar-refractivity contribution >= 4 is 66.7 Å². The van der Waals surface area contributed by atoms with Crippen LogP contribution in [0, 0.1) is 0 Å². The molecule has 11 aromatic rings. The molecule has 6 heteroatoms. The first-order valence-electron chi connectivity index (χ1n) is 19.8. The number of benzene rings is 9. The van der Waals surface area contributed by atoms with Crippen molar-refractivity contribution in [2.75, 3.05) is 9.80 Å². The van der Waals surface area contributed by atoms with Crippen molar-refractivity contribution in [3.8, 4) is 28.7 Å². The predicted molar refractivity (Wildman–Crippen MR) is 243 cm³/mol. The van der Waals surface area contributed by atoms with Crippen LogP contribution in [-0.4, -0.2) is 19.5 Å². The van der Waals surface area contributed by atoms with E-state index in [2.05, 4.69) is 196 Å². The zero-order valence-electron chi connectivity index (χ0n) is 32.0. The summed E-state index contributed by atoms with van der Waals surface area (Å²) in [7, 11) is 0. The first-order chi connectivity index (χ1) is 29.3. The minimum atomic E-state index is 0.544. The Morgan fingerprint density at radius 1 is 0.305 bits per heavy atom. The second kappa shape index (κ2) is 14.4. The molecule has 59 heavy (non-hydrogen) atoms. The average Bonchev–Trinajstić information content (AvgIpc) is 3.65. The van der Waals surface area contributed by atoms with Gasteiger partial charge in [-0.3, -0.25) is 4.57 Å². The third-order valence-electron chi connectivity index (χ3n) is 10.9. The summed E-state index contributed by atoms with van der Waals surface area (Å²) in [5.74, 6) is 1.76. The summed E-state index contributed by atoms with van der Waals surface area (Å²) in [6.07, 6.45) is 0. The molecule has 0 aliphatic carbocycles. The zero-order chi connectivity index (χ0) is 39.1. The number of rotatable bonds is 9.